The molecule has 2 unspecified atom stereocenters. The van der Waals surface area contributed by atoms with Crippen LogP contribution in [0.3, 0.4) is 0 Å². The lowest BCUT2D eigenvalue weighted by Gasteiger charge is -2.14. The average molecular weight is 322 g/mol. The van der Waals surface area contributed by atoms with Gasteiger partial charge in [0.05, 0.1) is 23.5 Å². The molecule has 1 aromatic carbocycles. The Morgan fingerprint density at radius 3 is 2.35 bits per heavy atom. The van der Waals surface area contributed by atoms with Crippen LogP contribution in [0.1, 0.15) is 41.6 Å². The Balaban J connectivity index is 1.96. The summed E-state index contributed by atoms with van der Waals surface area (Å²) in [5.41, 5.74) is 1.85. The maximum Gasteiger partial charge on any atom is 0.131 e. The minimum absolute atomic E-state index is 0.00324. The maximum atomic E-state index is 13.6. The smallest absolute Gasteiger partial charge is 0.131 e. The van der Waals surface area contributed by atoms with Crippen LogP contribution in [0, 0.1) is 18.6 Å². The molecule has 0 radical (unpaired) electrons. The first-order valence-electron chi connectivity index (χ1n) is 7.37. The molecular formula is C17H20F2N2O2. The van der Waals surface area contributed by atoms with E-state index in [0.717, 1.165) is 23.4 Å². The number of rotatable bonds is 6. The summed E-state index contributed by atoms with van der Waals surface area (Å²) in [6, 6.07) is 7.03. The zero-order valence-corrected chi connectivity index (χ0v) is 13.1. The van der Waals surface area contributed by atoms with Crippen molar-refractivity contribution in [3.05, 3.63) is 64.5 Å². The van der Waals surface area contributed by atoms with Crippen LogP contribution in [0.15, 0.2) is 30.3 Å². The number of aromatic nitrogens is 1. The summed E-state index contributed by atoms with van der Waals surface area (Å²) < 4.78 is 27.1. The van der Waals surface area contributed by atoms with E-state index in [2.05, 4.69) is 10.3 Å². The van der Waals surface area contributed by atoms with Gasteiger partial charge in [0, 0.05) is 24.3 Å². The number of aliphatic hydroxyl groups excluding tert-OH is 2. The standard InChI is InChI=1S/C17H20F2N2O2/c1-10-13(11(2)22)7-6-12(21-10)8-20-9-16(23)17-14(18)4-3-5-15(17)19/h3-7,11,16,20,22-23H,8-9H2,1-2H3. The van der Waals surface area contributed by atoms with E-state index in [-0.39, 0.29) is 12.1 Å². The van der Waals surface area contributed by atoms with Crippen molar-refractivity contribution < 1.29 is 19.0 Å². The van der Waals surface area contributed by atoms with Gasteiger partial charge in [-0.3, -0.25) is 4.98 Å². The van der Waals surface area contributed by atoms with Gasteiger partial charge in [0.2, 0.25) is 0 Å². The molecule has 3 N–H and O–H groups in total. The van der Waals surface area contributed by atoms with Crippen LogP contribution < -0.4 is 5.32 Å². The first-order valence-corrected chi connectivity index (χ1v) is 7.37. The van der Waals surface area contributed by atoms with E-state index in [1.165, 1.54) is 6.07 Å². The quantitative estimate of drug-likeness (QED) is 0.765. The predicted octanol–water partition coefficient (Wildman–Crippen LogP) is 2.54. The molecule has 1 heterocycles. The Morgan fingerprint density at radius 2 is 1.78 bits per heavy atom. The molecule has 2 aromatic rings. The molecule has 0 aliphatic heterocycles. The Kier molecular flexibility index (Phi) is 5.76. The molecule has 0 bridgehead atoms. The highest BCUT2D eigenvalue weighted by atomic mass is 19.1. The summed E-state index contributed by atoms with van der Waals surface area (Å²) in [6.07, 6.45) is -1.87. The van der Waals surface area contributed by atoms with Gasteiger partial charge in [-0.2, -0.15) is 0 Å². The number of aryl methyl sites for hydroxylation is 1. The van der Waals surface area contributed by atoms with Crippen LogP contribution in [0.2, 0.25) is 0 Å². The van der Waals surface area contributed by atoms with Crippen molar-refractivity contribution in [1.29, 1.82) is 0 Å². The van der Waals surface area contributed by atoms with Crippen LogP contribution in [0.25, 0.3) is 0 Å². The monoisotopic (exact) mass is 322 g/mol. The fourth-order valence-corrected chi connectivity index (χ4v) is 2.43. The molecule has 2 atom stereocenters. The zero-order valence-electron chi connectivity index (χ0n) is 13.1. The zero-order chi connectivity index (χ0) is 17.0. The van der Waals surface area contributed by atoms with Crippen molar-refractivity contribution in [3.8, 4) is 0 Å². The second-order valence-corrected chi connectivity index (χ2v) is 5.44. The topological polar surface area (TPSA) is 65.4 Å². The lowest BCUT2D eigenvalue weighted by Crippen LogP contribution is -2.23. The number of aliphatic hydroxyl groups is 2. The summed E-state index contributed by atoms with van der Waals surface area (Å²) in [5, 5.41) is 22.4. The number of hydrogen-bond acceptors (Lipinski definition) is 4. The lowest BCUT2D eigenvalue weighted by molar-refractivity contribution is 0.164. The van der Waals surface area contributed by atoms with E-state index in [1.807, 2.05) is 0 Å². The van der Waals surface area contributed by atoms with Crippen molar-refractivity contribution in [3.63, 3.8) is 0 Å². The summed E-state index contributed by atoms with van der Waals surface area (Å²) >= 11 is 0. The van der Waals surface area contributed by atoms with Gasteiger partial charge in [-0.25, -0.2) is 8.78 Å². The van der Waals surface area contributed by atoms with E-state index in [0.29, 0.717) is 12.2 Å². The van der Waals surface area contributed by atoms with E-state index < -0.39 is 23.8 Å². The third-order valence-electron chi connectivity index (χ3n) is 3.61. The molecule has 0 saturated carbocycles. The fourth-order valence-electron chi connectivity index (χ4n) is 2.43. The van der Waals surface area contributed by atoms with Crippen molar-refractivity contribution in [1.82, 2.24) is 10.3 Å². The number of nitrogens with zero attached hydrogens (tertiary/aromatic N) is 1. The molecule has 124 valence electrons. The number of nitrogens with one attached hydrogen (secondary N) is 1. The second kappa shape index (κ2) is 7.59. The summed E-state index contributed by atoms with van der Waals surface area (Å²) in [4.78, 5) is 4.35. The van der Waals surface area contributed by atoms with E-state index in [1.54, 1.807) is 26.0 Å². The molecule has 6 heteroatoms. The van der Waals surface area contributed by atoms with Gasteiger partial charge in [-0.15, -0.1) is 0 Å². The summed E-state index contributed by atoms with van der Waals surface area (Å²) in [5.74, 6) is -1.54. The Labute approximate surface area is 133 Å². The van der Waals surface area contributed by atoms with Crippen molar-refractivity contribution in [2.75, 3.05) is 6.54 Å². The van der Waals surface area contributed by atoms with Crippen molar-refractivity contribution >= 4 is 0 Å². The molecule has 0 saturated heterocycles. The van der Waals surface area contributed by atoms with Crippen molar-refractivity contribution in [2.45, 2.75) is 32.6 Å². The van der Waals surface area contributed by atoms with Gasteiger partial charge in [0.25, 0.3) is 0 Å². The largest absolute Gasteiger partial charge is 0.389 e. The van der Waals surface area contributed by atoms with Crippen LogP contribution in [-0.4, -0.2) is 21.7 Å². The molecule has 0 aliphatic rings. The molecule has 23 heavy (non-hydrogen) atoms. The van der Waals surface area contributed by atoms with Gasteiger partial charge in [-0.05, 0) is 32.0 Å². The normalized spacial score (nSPS) is 13.8. The van der Waals surface area contributed by atoms with Gasteiger partial charge >= 0.3 is 0 Å². The van der Waals surface area contributed by atoms with Crippen LogP contribution in [0.4, 0.5) is 8.78 Å². The molecule has 0 spiro atoms. The minimum Gasteiger partial charge on any atom is -0.389 e. The van der Waals surface area contributed by atoms with E-state index >= 15 is 0 Å². The molecule has 0 amide bonds. The van der Waals surface area contributed by atoms with E-state index in [4.69, 9.17) is 0 Å². The molecule has 0 aliphatic carbocycles. The van der Waals surface area contributed by atoms with Gasteiger partial charge in [-0.1, -0.05) is 12.1 Å². The van der Waals surface area contributed by atoms with E-state index in [9.17, 15) is 19.0 Å². The van der Waals surface area contributed by atoms with Gasteiger partial charge in [0.15, 0.2) is 0 Å². The molecule has 1 aromatic heterocycles. The first-order chi connectivity index (χ1) is 10.9. The first kappa shape index (κ1) is 17.5. The number of pyridine rings is 1. The van der Waals surface area contributed by atoms with Crippen LogP contribution in [0.5, 0.6) is 0 Å². The number of hydrogen-bond donors (Lipinski definition) is 3. The molecule has 4 nitrogen and oxygen atoms in total. The SMILES string of the molecule is Cc1nc(CNCC(O)c2c(F)cccc2F)ccc1C(C)O. The minimum atomic E-state index is -1.28. The third-order valence-corrected chi connectivity index (χ3v) is 3.61. The summed E-state index contributed by atoms with van der Waals surface area (Å²) in [7, 11) is 0. The molecule has 2 rings (SSSR count). The second-order valence-electron chi connectivity index (χ2n) is 5.44. The Bertz CT molecular complexity index is 657. The molecular weight excluding hydrogens is 302 g/mol. The number of halogens is 2. The lowest BCUT2D eigenvalue weighted by atomic mass is 10.1. The highest BCUT2D eigenvalue weighted by molar-refractivity contribution is 5.24. The predicted molar refractivity (Wildman–Crippen MR) is 82.6 cm³/mol. The highest BCUT2D eigenvalue weighted by Gasteiger charge is 2.17. The maximum absolute atomic E-state index is 13.6. The van der Waals surface area contributed by atoms with Crippen molar-refractivity contribution in [2.24, 2.45) is 0 Å². The van der Waals surface area contributed by atoms with Crippen LogP contribution >= 0.6 is 0 Å². The Hall–Kier alpha value is -1.89. The van der Waals surface area contributed by atoms with Gasteiger partial charge < -0.3 is 15.5 Å². The number of benzene rings is 1. The third kappa shape index (κ3) is 4.31. The highest BCUT2D eigenvalue weighted by Crippen LogP contribution is 2.20. The van der Waals surface area contributed by atoms with Crippen LogP contribution in [-0.2, 0) is 6.54 Å². The molecule has 0 fully saturated rings. The Morgan fingerprint density at radius 1 is 1.13 bits per heavy atom. The fraction of sp³-hybridized carbons (Fsp3) is 0.353. The average Bonchev–Trinajstić information content (AvgIpc) is 2.46. The summed E-state index contributed by atoms with van der Waals surface area (Å²) in [6.45, 7) is 3.81. The van der Waals surface area contributed by atoms with Gasteiger partial charge in [0.1, 0.15) is 11.6 Å².